The third kappa shape index (κ3) is 6.58. The molecule has 2 aromatic heterocycles. The summed E-state index contributed by atoms with van der Waals surface area (Å²) in [6.07, 6.45) is 3.53. The van der Waals surface area contributed by atoms with Gasteiger partial charge in [-0.3, -0.25) is 4.98 Å². The summed E-state index contributed by atoms with van der Waals surface area (Å²) < 4.78 is 46.2. The standard InChI is InChI=1S/C33H39F3N7O/c1-41(28-11-17-37-18-12-28)27-9-3-24(4-10-27)23-42(29-15-21-43(2,22-16-29)30-13-19-38-20-14-30)32-39-31(40-44-32)25-5-7-26(8-6-25)33(34,35)36/h3-12,17-18,29-30,38H,13-16,19-23H2,1-2H3/q+1. The predicted octanol–water partition coefficient (Wildman–Crippen LogP) is 6.29. The van der Waals surface area contributed by atoms with E-state index in [2.05, 4.69) is 56.6 Å². The maximum Gasteiger partial charge on any atom is 0.416 e. The van der Waals surface area contributed by atoms with Gasteiger partial charge in [0.25, 0.3) is 0 Å². The summed E-state index contributed by atoms with van der Waals surface area (Å²) >= 11 is 0. The first-order valence-corrected chi connectivity index (χ1v) is 15.3. The number of pyridine rings is 1. The molecule has 44 heavy (non-hydrogen) atoms. The number of hydrogen-bond donors (Lipinski definition) is 1. The number of aromatic nitrogens is 3. The SMILES string of the molecule is CN(c1ccncc1)c1ccc(CN(c2nc(-c3ccc(C(F)(F)F)cc3)no2)C2CC[N+](C)(C3CCNCC3)CC2)cc1. The Kier molecular flexibility index (Phi) is 8.59. The number of nitrogens with one attached hydrogen (secondary N) is 1. The molecular formula is C33H39F3N7O+. The van der Waals surface area contributed by atoms with Crippen LogP contribution in [0, 0.1) is 0 Å². The Balaban J connectivity index is 1.23. The van der Waals surface area contributed by atoms with Gasteiger partial charge in [-0.2, -0.15) is 18.2 Å². The van der Waals surface area contributed by atoms with Gasteiger partial charge in [0.15, 0.2) is 0 Å². The third-order valence-corrected chi connectivity index (χ3v) is 9.44. The number of halogens is 3. The topological polar surface area (TPSA) is 70.3 Å². The highest BCUT2D eigenvalue weighted by atomic mass is 19.4. The van der Waals surface area contributed by atoms with Crippen LogP contribution in [0.3, 0.4) is 0 Å². The molecule has 4 aromatic rings. The van der Waals surface area contributed by atoms with Crippen molar-refractivity contribution in [3.63, 3.8) is 0 Å². The molecule has 11 heteroatoms. The van der Waals surface area contributed by atoms with E-state index >= 15 is 0 Å². The van der Waals surface area contributed by atoms with Gasteiger partial charge in [-0.15, -0.1) is 0 Å². The van der Waals surface area contributed by atoms with Crippen molar-refractivity contribution in [1.29, 1.82) is 0 Å². The molecule has 6 rings (SSSR count). The summed E-state index contributed by atoms with van der Waals surface area (Å²) in [4.78, 5) is 13.1. The molecule has 232 valence electrons. The molecule has 2 aromatic carbocycles. The first kappa shape index (κ1) is 30.1. The lowest BCUT2D eigenvalue weighted by Crippen LogP contribution is -2.61. The van der Waals surface area contributed by atoms with E-state index in [9.17, 15) is 13.2 Å². The van der Waals surface area contributed by atoms with Crippen molar-refractivity contribution in [2.24, 2.45) is 0 Å². The van der Waals surface area contributed by atoms with Crippen molar-refractivity contribution < 1.29 is 22.2 Å². The molecule has 0 aliphatic carbocycles. The van der Waals surface area contributed by atoms with Crippen LogP contribution in [0.5, 0.6) is 0 Å². The van der Waals surface area contributed by atoms with Crippen molar-refractivity contribution in [2.45, 2.75) is 50.5 Å². The van der Waals surface area contributed by atoms with Gasteiger partial charge >= 0.3 is 12.2 Å². The van der Waals surface area contributed by atoms with Gasteiger partial charge in [-0.25, -0.2) is 0 Å². The van der Waals surface area contributed by atoms with Gasteiger partial charge in [0.05, 0.1) is 31.7 Å². The highest BCUT2D eigenvalue weighted by Crippen LogP contribution is 2.34. The van der Waals surface area contributed by atoms with Gasteiger partial charge in [0, 0.05) is 87.7 Å². The number of piperidine rings is 2. The minimum Gasteiger partial charge on any atom is -0.345 e. The van der Waals surface area contributed by atoms with Crippen LogP contribution in [0.4, 0.5) is 30.6 Å². The lowest BCUT2D eigenvalue weighted by atomic mass is 9.94. The Labute approximate surface area is 256 Å². The summed E-state index contributed by atoms with van der Waals surface area (Å²) in [5, 5.41) is 7.66. The molecule has 1 N–H and O–H groups in total. The zero-order valence-electron chi connectivity index (χ0n) is 25.2. The summed E-state index contributed by atoms with van der Waals surface area (Å²) in [6, 6.07) is 18.5. The van der Waals surface area contributed by atoms with Gasteiger partial charge in [0.1, 0.15) is 0 Å². The van der Waals surface area contributed by atoms with Crippen molar-refractivity contribution in [2.75, 3.05) is 50.1 Å². The summed E-state index contributed by atoms with van der Waals surface area (Å²) in [5.41, 5.74) is 2.99. The molecule has 2 aliphatic heterocycles. The van der Waals surface area contributed by atoms with Crippen LogP contribution in [-0.2, 0) is 12.7 Å². The van der Waals surface area contributed by atoms with Crippen LogP contribution in [0.2, 0.25) is 0 Å². The summed E-state index contributed by atoms with van der Waals surface area (Å²) in [5.74, 6) is 0.277. The van der Waals surface area contributed by atoms with Crippen molar-refractivity contribution >= 4 is 17.4 Å². The first-order chi connectivity index (χ1) is 21.2. The average molecular weight is 607 g/mol. The molecule has 2 aliphatic rings. The normalized spacial score (nSPS) is 21.2. The van der Waals surface area contributed by atoms with Crippen LogP contribution in [0.1, 0.15) is 36.8 Å². The Hall–Kier alpha value is -3.96. The number of nitrogens with zero attached hydrogens (tertiary/aromatic N) is 6. The molecule has 0 atom stereocenters. The van der Waals surface area contributed by atoms with Crippen LogP contribution < -0.4 is 15.1 Å². The second-order valence-electron chi connectivity index (χ2n) is 12.2. The second-order valence-corrected chi connectivity index (χ2v) is 12.2. The number of anilines is 3. The van der Waals surface area contributed by atoms with E-state index in [-0.39, 0.29) is 11.9 Å². The van der Waals surface area contributed by atoms with E-state index in [1.54, 1.807) is 12.4 Å². The Morgan fingerprint density at radius 3 is 2.16 bits per heavy atom. The molecule has 4 heterocycles. The second kappa shape index (κ2) is 12.6. The highest BCUT2D eigenvalue weighted by Gasteiger charge is 2.40. The van der Waals surface area contributed by atoms with Crippen LogP contribution >= 0.6 is 0 Å². The van der Waals surface area contributed by atoms with Gasteiger partial charge in [-0.05, 0) is 42.0 Å². The Morgan fingerprint density at radius 2 is 1.52 bits per heavy atom. The van der Waals surface area contributed by atoms with E-state index in [0.29, 0.717) is 24.2 Å². The van der Waals surface area contributed by atoms with E-state index in [1.807, 2.05) is 19.2 Å². The molecule has 0 radical (unpaired) electrons. The number of alkyl halides is 3. The zero-order valence-corrected chi connectivity index (χ0v) is 25.2. The maximum atomic E-state index is 13.1. The lowest BCUT2D eigenvalue weighted by molar-refractivity contribution is -0.938. The largest absolute Gasteiger partial charge is 0.416 e. The van der Waals surface area contributed by atoms with Gasteiger partial charge in [-0.1, -0.05) is 29.4 Å². The molecule has 8 nitrogen and oxygen atoms in total. The Bertz CT molecular complexity index is 1500. The maximum absolute atomic E-state index is 13.1. The number of quaternary nitrogens is 1. The minimum atomic E-state index is -4.40. The van der Waals surface area contributed by atoms with Crippen molar-refractivity contribution in [1.82, 2.24) is 20.4 Å². The van der Waals surface area contributed by atoms with E-state index in [1.165, 1.54) is 25.0 Å². The highest BCUT2D eigenvalue weighted by molar-refractivity contribution is 5.62. The van der Waals surface area contributed by atoms with E-state index < -0.39 is 11.7 Å². The number of rotatable bonds is 8. The molecule has 0 bridgehead atoms. The minimum absolute atomic E-state index is 0.197. The summed E-state index contributed by atoms with van der Waals surface area (Å²) in [7, 11) is 4.42. The molecule has 0 unspecified atom stereocenters. The summed E-state index contributed by atoms with van der Waals surface area (Å²) in [6.45, 7) is 4.88. The predicted molar refractivity (Wildman–Crippen MR) is 164 cm³/mol. The average Bonchev–Trinajstić information content (AvgIpc) is 3.55. The fourth-order valence-corrected chi connectivity index (χ4v) is 6.60. The van der Waals surface area contributed by atoms with Crippen LogP contribution in [0.15, 0.2) is 77.6 Å². The molecule has 0 saturated carbocycles. The molecule has 0 spiro atoms. The molecule has 2 saturated heterocycles. The zero-order chi connectivity index (χ0) is 30.7. The first-order valence-electron chi connectivity index (χ1n) is 15.3. The van der Waals surface area contributed by atoms with Crippen molar-refractivity contribution in [3.8, 4) is 11.4 Å². The molecule has 2 fully saturated rings. The van der Waals surface area contributed by atoms with E-state index in [4.69, 9.17) is 9.51 Å². The number of hydrogen-bond acceptors (Lipinski definition) is 7. The fraction of sp³-hybridized carbons (Fsp3) is 0.424. The monoisotopic (exact) mass is 606 g/mol. The lowest BCUT2D eigenvalue weighted by Gasteiger charge is -2.48. The fourth-order valence-electron chi connectivity index (χ4n) is 6.60. The van der Waals surface area contributed by atoms with Gasteiger partial charge in [0.2, 0.25) is 5.82 Å². The van der Waals surface area contributed by atoms with Crippen molar-refractivity contribution in [3.05, 3.63) is 84.2 Å². The quantitative estimate of drug-likeness (QED) is 0.237. The number of benzene rings is 2. The Morgan fingerprint density at radius 1 is 0.886 bits per heavy atom. The van der Waals surface area contributed by atoms with E-state index in [0.717, 1.165) is 72.6 Å². The molecule has 0 amide bonds. The number of likely N-dealkylation sites (tertiary alicyclic amines) is 1. The van der Waals surface area contributed by atoms with Crippen LogP contribution in [0.25, 0.3) is 11.4 Å². The third-order valence-electron chi connectivity index (χ3n) is 9.44. The molecular weight excluding hydrogens is 567 g/mol. The van der Waals surface area contributed by atoms with Gasteiger partial charge < -0.3 is 24.1 Å². The smallest absolute Gasteiger partial charge is 0.345 e. The van der Waals surface area contributed by atoms with Crippen LogP contribution in [-0.4, -0.2) is 72.0 Å².